The molecule has 0 radical (unpaired) electrons. The van der Waals surface area contributed by atoms with Crippen molar-refractivity contribution < 1.29 is 9.90 Å². The van der Waals surface area contributed by atoms with Gasteiger partial charge >= 0.3 is 0 Å². The van der Waals surface area contributed by atoms with Crippen molar-refractivity contribution in [1.29, 1.82) is 0 Å². The number of phenolic OH excluding ortho intramolecular Hbond substituents is 1. The fraction of sp³-hybridized carbons (Fsp3) is 0.450. The van der Waals surface area contributed by atoms with Gasteiger partial charge in [-0.2, -0.15) is 0 Å². The lowest BCUT2D eigenvalue weighted by molar-refractivity contribution is 0.0899. The summed E-state index contributed by atoms with van der Waals surface area (Å²) in [4.78, 5) is 25.4. The van der Waals surface area contributed by atoms with E-state index < -0.39 is 0 Å². The summed E-state index contributed by atoms with van der Waals surface area (Å²) in [6.07, 6.45) is 3.58. The van der Waals surface area contributed by atoms with Crippen molar-refractivity contribution in [2.45, 2.75) is 32.4 Å². The van der Waals surface area contributed by atoms with Crippen molar-refractivity contribution in [2.24, 2.45) is 0 Å². The van der Waals surface area contributed by atoms with Gasteiger partial charge in [-0.1, -0.05) is 12.1 Å². The van der Waals surface area contributed by atoms with E-state index in [0.717, 1.165) is 38.0 Å². The summed E-state index contributed by atoms with van der Waals surface area (Å²) in [5.74, 6) is 0.757. The summed E-state index contributed by atoms with van der Waals surface area (Å²) >= 11 is 0. The highest BCUT2D eigenvalue weighted by Gasteiger charge is 2.23. The predicted molar refractivity (Wildman–Crippen MR) is 105 cm³/mol. The summed E-state index contributed by atoms with van der Waals surface area (Å²) in [5.41, 5.74) is 2.27. The SMILES string of the molecule is Cc1nc(N(C)C)ncc1C(=O)N[C@H]1CCCN(Cc2cccc(O)c2)C1. The third-order valence-corrected chi connectivity index (χ3v) is 4.77. The molecule has 1 amide bonds. The van der Waals surface area contributed by atoms with Crippen LogP contribution in [0.25, 0.3) is 0 Å². The third kappa shape index (κ3) is 4.95. The highest BCUT2D eigenvalue weighted by atomic mass is 16.3. The van der Waals surface area contributed by atoms with Crippen LogP contribution in [0.2, 0.25) is 0 Å². The number of carbonyl (C=O) groups is 1. The van der Waals surface area contributed by atoms with Gasteiger partial charge in [0.15, 0.2) is 0 Å². The zero-order chi connectivity index (χ0) is 19.4. The Balaban J connectivity index is 1.61. The van der Waals surface area contributed by atoms with Crippen LogP contribution < -0.4 is 10.2 Å². The molecule has 2 N–H and O–H groups in total. The van der Waals surface area contributed by atoms with Gasteiger partial charge in [-0.3, -0.25) is 9.69 Å². The number of hydrogen-bond donors (Lipinski definition) is 2. The molecule has 7 nitrogen and oxygen atoms in total. The van der Waals surface area contributed by atoms with E-state index in [0.29, 0.717) is 17.2 Å². The van der Waals surface area contributed by atoms with Gasteiger partial charge in [0.2, 0.25) is 5.95 Å². The van der Waals surface area contributed by atoms with Crippen molar-refractivity contribution in [3.05, 3.63) is 47.3 Å². The molecule has 3 rings (SSSR count). The number of benzene rings is 1. The first-order chi connectivity index (χ1) is 12.9. The average molecular weight is 369 g/mol. The number of likely N-dealkylation sites (tertiary alicyclic amines) is 1. The number of carbonyl (C=O) groups excluding carboxylic acids is 1. The molecule has 0 unspecified atom stereocenters. The molecule has 0 bridgehead atoms. The van der Waals surface area contributed by atoms with Gasteiger partial charge in [0, 0.05) is 39.4 Å². The first kappa shape index (κ1) is 19.1. The van der Waals surface area contributed by atoms with Crippen molar-refractivity contribution in [3.63, 3.8) is 0 Å². The molecule has 1 fully saturated rings. The average Bonchev–Trinajstić information content (AvgIpc) is 2.61. The third-order valence-electron chi connectivity index (χ3n) is 4.77. The number of nitrogens with zero attached hydrogens (tertiary/aromatic N) is 4. The Morgan fingerprint density at radius 3 is 2.93 bits per heavy atom. The van der Waals surface area contributed by atoms with Gasteiger partial charge in [-0.15, -0.1) is 0 Å². The van der Waals surface area contributed by atoms with Gasteiger partial charge < -0.3 is 15.3 Å². The molecule has 1 aliphatic heterocycles. The molecular formula is C20H27N5O2. The summed E-state index contributed by atoms with van der Waals surface area (Å²) in [6, 6.07) is 7.42. The first-order valence-corrected chi connectivity index (χ1v) is 9.24. The van der Waals surface area contributed by atoms with Gasteiger partial charge in [0.25, 0.3) is 5.91 Å². The van der Waals surface area contributed by atoms with Crippen LogP contribution in [-0.2, 0) is 6.54 Å². The van der Waals surface area contributed by atoms with Crippen LogP contribution in [0.1, 0.15) is 34.5 Å². The Labute approximate surface area is 160 Å². The van der Waals surface area contributed by atoms with Crippen LogP contribution in [0.5, 0.6) is 5.75 Å². The number of anilines is 1. The maximum absolute atomic E-state index is 12.7. The number of piperidine rings is 1. The van der Waals surface area contributed by atoms with Crippen LogP contribution in [-0.4, -0.2) is 59.1 Å². The Morgan fingerprint density at radius 1 is 1.41 bits per heavy atom. The molecule has 0 saturated carbocycles. The van der Waals surface area contributed by atoms with E-state index in [1.54, 1.807) is 18.3 Å². The van der Waals surface area contributed by atoms with E-state index >= 15 is 0 Å². The van der Waals surface area contributed by atoms with E-state index in [1.165, 1.54) is 0 Å². The zero-order valence-electron chi connectivity index (χ0n) is 16.1. The Morgan fingerprint density at radius 2 is 2.22 bits per heavy atom. The molecule has 0 spiro atoms. The minimum absolute atomic E-state index is 0.0940. The minimum Gasteiger partial charge on any atom is -0.508 e. The molecule has 7 heteroatoms. The Kier molecular flexibility index (Phi) is 5.91. The lowest BCUT2D eigenvalue weighted by Crippen LogP contribution is -2.47. The van der Waals surface area contributed by atoms with Gasteiger partial charge in [-0.05, 0) is 44.0 Å². The van der Waals surface area contributed by atoms with Crippen LogP contribution in [0.4, 0.5) is 5.95 Å². The fourth-order valence-corrected chi connectivity index (χ4v) is 3.39. The molecule has 2 aromatic rings. The van der Waals surface area contributed by atoms with Crippen molar-refractivity contribution in [3.8, 4) is 5.75 Å². The summed E-state index contributed by atoms with van der Waals surface area (Å²) in [7, 11) is 3.75. The van der Waals surface area contributed by atoms with Crippen molar-refractivity contribution in [2.75, 3.05) is 32.1 Å². The number of phenols is 1. The number of hydrogen-bond acceptors (Lipinski definition) is 6. The van der Waals surface area contributed by atoms with E-state index in [2.05, 4.69) is 20.2 Å². The standard InChI is InChI=1S/C20H27N5O2/c1-14-18(11-21-20(22-14)24(2)3)19(27)23-16-7-5-9-25(13-16)12-15-6-4-8-17(26)10-15/h4,6,8,10-11,16,26H,5,7,9,12-13H2,1-3H3,(H,23,27)/t16-/m0/s1. The van der Waals surface area contributed by atoms with Gasteiger partial charge in [-0.25, -0.2) is 9.97 Å². The normalized spacial score (nSPS) is 17.5. The first-order valence-electron chi connectivity index (χ1n) is 9.24. The molecule has 2 heterocycles. The molecule has 27 heavy (non-hydrogen) atoms. The number of aromatic hydroxyl groups is 1. The molecule has 1 saturated heterocycles. The monoisotopic (exact) mass is 369 g/mol. The number of rotatable bonds is 5. The van der Waals surface area contributed by atoms with Crippen LogP contribution in [0.15, 0.2) is 30.5 Å². The second-order valence-electron chi connectivity index (χ2n) is 7.28. The van der Waals surface area contributed by atoms with E-state index in [-0.39, 0.29) is 17.7 Å². The van der Waals surface area contributed by atoms with Gasteiger partial charge in [0.1, 0.15) is 5.75 Å². The summed E-state index contributed by atoms with van der Waals surface area (Å²) < 4.78 is 0. The van der Waals surface area contributed by atoms with Crippen LogP contribution in [0, 0.1) is 6.92 Å². The van der Waals surface area contributed by atoms with E-state index in [1.807, 2.05) is 38.1 Å². The molecule has 1 aromatic carbocycles. The smallest absolute Gasteiger partial charge is 0.254 e. The predicted octanol–water partition coefficient (Wildman–Crippen LogP) is 1.95. The van der Waals surface area contributed by atoms with Crippen molar-refractivity contribution in [1.82, 2.24) is 20.2 Å². The molecule has 1 aromatic heterocycles. The molecule has 144 valence electrons. The summed E-state index contributed by atoms with van der Waals surface area (Å²) in [5, 5.41) is 12.8. The highest BCUT2D eigenvalue weighted by molar-refractivity contribution is 5.95. The second kappa shape index (κ2) is 8.35. The lowest BCUT2D eigenvalue weighted by Gasteiger charge is -2.33. The lowest BCUT2D eigenvalue weighted by atomic mass is 10.0. The van der Waals surface area contributed by atoms with Gasteiger partial charge in [0.05, 0.1) is 11.3 Å². The molecule has 1 atom stereocenters. The van der Waals surface area contributed by atoms with Crippen molar-refractivity contribution >= 4 is 11.9 Å². The largest absolute Gasteiger partial charge is 0.508 e. The number of nitrogens with one attached hydrogen (secondary N) is 1. The van der Waals surface area contributed by atoms with Crippen LogP contribution >= 0.6 is 0 Å². The molecule has 0 aliphatic carbocycles. The Bertz CT molecular complexity index is 809. The summed E-state index contributed by atoms with van der Waals surface area (Å²) in [6.45, 7) is 4.37. The quantitative estimate of drug-likeness (QED) is 0.838. The molecule has 1 aliphatic rings. The number of amides is 1. The Hall–Kier alpha value is -2.67. The number of aromatic nitrogens is 2. The topological polar surface area (TPSA) is 81.6 Å². The minimum atomic E-state index is -0.123. The maximum atomic E-state index is 12.7. The fourth-order valence-electron chi connectivity index (χ4n) is 3.39. The maximum Gasteiger partial charge on any atom is 0.254 e. The molecular weight excluding hydrogens is 342 g/mol. The van der Waals surface area contributed by atoms with E-state index in [4.69, 9.17) is 0 Å². The van der Waals surface area contributed by atoms with Crippen LogP contribution in [0.3, 0.4) is 0 Å². The zero-order valence-corrected chi connectivity index (χ0v) is 16.1. The second-order valence-corrected chi connectivity index (χ2v) is 7.28. The highest BCUT2D eigenvalue weighted by Crippen LogP contribution is 2.17. The van der Waals surface area contributed by atoms with E-state index in [9.17, 15) is 9.90 Å². The number of aryl methyl sites for hydroxylation is 1.